The second-order valence-electron chi connectivity index (χ2n) is 4.88. The molecule has 1 rings (SSSR count). The number of nitrogens with zero attached hydrogens (tertiary/aromatic N) is 2. The molecule has 1 saturated heterocycles. The third-order valence-electron chi connectivity index (χ3n) is 2.78. The van der Waals surface area contributed by atoms with Gasteiger partial charge in [0, 0.05) is 0 Å². The predicted molar refractivity (Wildman–Crippen MR) is 59.2 cm³/mol. The van der Waals surface area contributed by atoms with Crippen LogP contribution < -0.4 is 12.4 Å². The molecule has 0 aromatic heterocycles. The highest BCUT2D eigenvalue weighted by molar-refractivity contribution is 6.34. The van der Waals surface area contributed by atoms with Gasteiger partial charge in [0.15, 0.2) is 0 Å². The van der Waals surface area contributed by atoms with Crippen LogP contribution >= 0.6 is 23.6 Å². The standard InChI is InChI=1S/C9H19Cl2N2O.ClH/c1-9(2,12(10)11)8-13(3)4-6-14-7-5-13;/h4-8H2,1-3H3;1H/q+1;/p-1. The van der Waals surface area contributed by atoms with Gasteiger partial charge in [-0.1, -0.05) is 0 Å². The van der Waals surface area contributed by atoms with E-state index in [1.807, 2.05) is 13.8 Å². The van der Waals surface area contributed by atoms with E-state index in [1.165, 1.54) is 3.94 Å². The summed E-state index contributed by atoms with van der Waals surface area (Å²) in [5, 5.41) is 0. The number of halogens is 3. The van der Waals surface area contributed by atoms with Gasteiger partial charge in [0.25, 0.3) is 0 Å². The lowest BCUT2D eigenvalue weighted by molar-refractivity contribution is -0.920. The molecule has 0 saturated carbocycles. The molecule has 0 spiro atoms. The maximum absolute atomic E-state index is 5.81. The van der Waals surface area contributed by atoms with Crippen LogP contribution in [0.25, 0.3) is 0 Å². The van der Waals surface area contributed by atoms with Crippen LogP contribution in [-0.2, 0) is 4.74 Å². The Balaban J connectivity index is 0.00000196. The molecule has 3 nitrogen and oxygen atoms in total. The molecule has 0 N–H and O–H groups in total. The zero-order valence-electron chi connectivity index (χ0n) is 9.47. The highest BCUT2D eigenvalue weighted by atomic mass is 35.5. The highest BCUT2D eigenvalue weighted by Gasteiger charge is 2.36. The summed E-state index contributed by atoms with van der Waals surface area (Å²) in [6.45, 7) is 8.76. The van der Waals surface area contributed by atoms with Gasteiger partial charge in [0.2, 0.25) is 0 Å². The quantitative estimate of drug-likeness (QED) is 0.477. The van der Waals surface area contributed by atoms with E-state index in [1.54, 1.807) is 0 Å². The fraction of sp³-hybridized carbons (Fsp3) is 1.00. The number of hydrogen-bond acceptors (Lipinski definition) is 2. The summed E-state index contributed by atoms with van der Waals surface area (Å²) in [4.78, 5) is 0. The number of likely N-dealkylation sites (N-methyl/N-ethyl adjacent to an activating group) is 1. The summed E-state index contributed by atoms with van der Waals surface area (Å²) in [5.41, 5.74) is -0.199. The van der Waals surface area contributed by atoms with Crippen LogP contribution in [-0.4, -0.2) is 53.9 Å². The van der Waals surface area contributed by atoms with Gasteiger partial charge in [-0.2, -0.15) is 0 Å². The van der Waals surface area contributed by atoms with Crippen molar-refractivity contribution in [3.05, 3.63) is 0 Å². The van der Waals surface area contributed by atoms with Crippen LogP contribution in [0.15, 0.2) is 0 Å². The zero-order chi connectivity index (χ0) is 10.8. The van der Waals surface area contributed by atoms with E-state index >= 15 is 0 Å². The Morgan fingerprint density at radius 2 is 1.73 bits per heavy atom. The summed E-state index contributed by atoms with van der Waals surface area (Å²) < 4.78 is 7.58. The topological polar surface area (TPSA) is 12.5 Å². The number of quaternary nitrogens is 1. The normalized spacial score (nSPS) is 21.2. The van der Waals surface area contributed by atoms with Gasteiger partial charge in [-0.3, -0.25) is 0 Å². The maximum atomic E-state index is 5.81. The second-order valence-corrected chi connectivity index (χ2v) is 5.73. The molecule has 0 radical (unpaired) electrons. The molecule has 1 aliphatic heterocycles. The summed E-state index contributed by atoms with van der Waals surface area (Å²) in [5.74, 6) is 0. The Bertz CT molecular complexity index is 194. The van der Waals surface area contributed by atoms with Gasteiger partial charge in [0.05, 0.1) is 32.3 Å². The smallest absolute Gasteiger partial charge is 0.102 e. The lowest BCUT2D eigenvalue weighted by atomic mass is 10.0. The van der Waals surface area contributed by atoms with Gasteiger partial charge in [-0.05, 0) is 37.4 Å². The van der Waals surface area contributed by atoms with Crippen molar-refractivity contribution in [2.45, 2.75) is 19.4 Å². The average Bonchev–Trinajstić information content (AvgIpc) is 2.03. The molecule has 0 aromatic rings. The van der Waals surface area contributed by atoms with Crippen LogP contribution in [0, 0.1) is 0 Å². The van der Waals surface area contributed by atoms with Crippen molar-refractivity contribution in [2.75, 3.05) is 39.9 Å². The van der Waals surface area contributed by atoms with Crippen LogP contribution in [0.3, 0.4) is 0 Å². The summed E-state index contributed by atoms with van der Waals surface area (Å²) >= 11 is 11.6. The fourth-order valence-electron chi connectivity index (χ4n) is 1.93. The van der Waals surface area contributed by atoms with E-state index in [2.05, 4.69) is 7.05 Å². The van der Waals surface area contributed by atoms with Gasteiger partial charge < -0.3 is 21.6 Å². The van der Waals surface area contributed by atoms with Gasteiger partial charge in [0.1, 0.15) is 13.1 Å². The van der Waals surface area contributed by atoms with E-state index in [0.717, 1.165) is 37.3 Å². The first-order valence-corrected chi connectivity index (χ1v) is 5.56. The minimum absolute atomic E-state index is 0. The van der Waals surface area contributed by atoms with E-state index in [-0.39, 0.29) is 17.9 Å². The monoisotopic (exact) mass is 276 g/mol. The average molecular weight is 278 g/mol. The van der Waals surface area contributed by atoms with Gasteiger partial charge in [-0.15, -0.1) is 3.94 Å². The fourth-order valence-corrected chi connectivity index (χ4v) is 2.04. The molecular weight excluding hydrogens is 258 g/mol. The molecule has 0 unspecified atom stereocenters. The molecule has 92 valence electrons. The van der Waals surface area contributed by atoms with Crippen LogP contribution in [0.2, 0.25) is 0 Å². The van der Waals surface area contributed by atoms with E-state index < -0.39 is 0 Å². The Hall–Kier alpha value is 0.750. The summed E-state index contributed by atoms with van der Waals surface area (Å²) in [6.07, 6.45) is 0. The predicted octanol–water partition coefficient (Wildman–Crippen LogP) is -1.14. The van der Waals surface area contributed by atoms with E-state index in [9.17, 15) is 0 Å². The van der Waals surface area contributed by atoms with Gasteiger partial charge in [-0.25, -0.2) is 0 Å². The number of hydrogen-bond donors (Lipinski definition) is 0. The lowest BCUT2D eigenvalue weighted by Crippen LogP contribution is -3.00. The number of ether oxygens (including phenoxy) is 1. The summed E-state index contributed by atoms with van der Waals surface area (Å²) in [6, 6.07) is 0. The molecule has 0 bridgehead atoms. The van der Waals surface area contributed by atoms with Crippen LogP contribution in [0.5, 0.6) is 0 Å². The molecule has 0 atom stereocenters. The largest absolute Gasteiger partial charge is 1.00 e. The maximum Gasteiger partial charge on any atom is 0.102 e. The molecule has 0 amide bonds. The molecule has 1 heterocycles. The Morgan fingerprint density at radius 3 is 2.13 bits per heavy atom. The highest BCUT2D eigenvalue weighted by Crippen LogP contribution is 2.24. The van der Waals surface area contributed by atoms with Crippen LogP contribution in [0.4, 0.5) is 0 Å². The molecule has 0 aromatic carbocycles. The molecule has 15 heavy (non-hydrogen) atoms. The minimum Gasteiger partial charge on any atom is -1.00 e. The van der Waals surface area contributed by atoms with Crippen molar-refractivity contribution in [2.24, 2.45) is 0 Å². The Morgan fingerprint density at radius 1 is 1.27 bits per heavy atom. The first kappa shape index (κ1) is 15.8. The first-order valence-electron chi connectivity index (χ1n) is 4.89. The Kier molecular flexibility index (Phi) is 6.19. The SMILES string of the molecule is CC(C)(C[N+]1(C)CCOCC1)N(Cl)Cl.[Cl-]. The minimum atomic E-state index is -0.199. The molecule has 6 heteroatoms. The van der Waals surface area contributed by atoms with Crippen molar-refractivity contribution < 1.29 is 21.6 Å². The Labute approximate surface area is 108 Å². The third-order valence-corrected chi connectivity index (χ3v) is 3.69. The van der Waals surface area contributed by atoms with Crippen molar-refractivity contribution in [1.29, 1.82) is 0 Å². The number of rotatable bonds is 3. The summed E-state index contributed by atoms with van der Waals surface area (Å²) in [7, 11) is 2.22. The second kappa shape index (κ2) is 5.89. The first-order chi connectivity index (χ1) is 6.36. The zero-order valence-corrected chi connectivity index (χ0v) is 11.7. The van der Waals surface area contributed by atoms with E-state index in [4.69, 9.17) is 28.3 Å². The molecular formula is C9H19Cl3N2O. The van der Waals surface area contributed by atoms with Crippen LogP contribution in [0.1, 0.15) is 13.8 Å². The van der Waals surface area contributed by atoms with Crippen molar-refractivity contribution in [3.8, 4) is 0 Å². The van der Waals surface area contributed by atoms with Gasteiger partial charge >= 0.3 is 0 Å². The van der Waals surface area contributed by atoms with Crippen molar-refractivity contribution >= 4 is 23.6 Å². The molecule has 1 fully saturated rings. The number of morpholine rings is 1. The molecule has 0 aliphatic carbocycles. The van der Waals surface area contributed by atoms with E-state index in [0.29, 0.717) is 0 Å². The molecule has 1 aliphatic rings. The van der Waals surface area contributed by atoms with Crippen molar-refractivity contribution in [3.63, 3.8) is 0 Å². The third kappa shape index (κ3) is 4.63. The van der Waals surface area contributed by atoms with Crippen molar-refractivity contribution in [1.82, 2.24) is 3.94 Å². The lowest BCUT2D eigenvalue weighted by Gasteiger charge is -2.43.